The fraction of sp³-hybridized carbons (Fsp3) is 0.786. The molecule has 0 fully saturated rings. The Kier molecular flexibility index (Phi) is 7.70. The normalized spacial score (nSPS) is 24.3. The van der Waals surface area contributed by atoms with Gasteiger partial charge < -0.3 is 20.9 Å². The Balaban J connectivity index is 2.02. The van der Waals surface area contributed by atoms with Crippen LogP contribution in [0.4, 0.5) is 0 Å². The van der Waals surface area contributed by atoms with Gasteiger partial charge in [-0.3, -0.25) is 4.79 Å². The number of amides is 1. The molecule has 0 aromatic heterocycles. The van der Waals surface area contributed by atoms with Gasteiger partial charge in [0.2, 0.25) is 5.91 Å². The van der Waals surface area contributed by atoms with Crippen molar-refractivity contribution in [1.82, 2.24) is 5.32 Å². The lowest BCUT2D eigenvalue weighted by molar-refractivity contribution is -0.117. The Hall–Kier alpha value is -0.910. The number of carbonyl (C=O) groups excluding carboxylic acids is 1. The van der Waals surface area contributed by atoms with Gasteiger partial charge in [-0.25, -0.2) is 0 Å². The maximum atomic E-state index is 10.5. The van der Waals surface area contributed by atoms with Crippen LogP contribution < -0.4 is 11.1 Å². The molecule has 0 saturated carbocycles. The van der Waals surface area contributed by atoms with E-state index in [1.807, 2.05) is 0 Å². The van der Waals surface area contributed by atoms with E-state index in [4.69, 9.17) is 10.5 Å². The predicted molar refractivity (Wildman–Crippen MR) is 74.5 cm³/mol. The van der Waals surface area contributed by atoms with Crippen LogP contribution in [0, 0.1) is 11.8 Å². The molecule has 110 valence electrons. The van der Waals surface area contributed by atoms with Crippen molar-refractivity contribution in [2.45, 2.75) is 32.3 Å². The van der Waals surface area contributed by atoms with Crippen LogP contribution in [-0.4, -0.2) is 43.4 Å². The molecule has 1 rings (SSSR count). The number of hydrogen-bond donors (Lipinski definition) is 3. The number of primary amides is 1. The van der Waals surface area contributed by atoms with E-state index in [0.29, 0.717) is 44.6 Å². The summed E-state index contributed by atoms with van der Waals surface area (Å²) in [4.78, 5) is 10.5. The molecule has 19 heavy (non-hydrogen) atoms. The van der Waals surface area contributed by atoms with Crippen LogP contribution in [0.1, 0.15) is 26.2 Å². The summed E-state index contributed by atoms with van der Waals surface area (Å²) >= 11 is 0. The molecule has 0 radical (unpaired) electrons. The highest BCUT2D eigenvalue weighted by Gasteiger charge is 2.18. The summed E-state index contributed by atoms with van der Waals surface area (Å²) in [5.41, 5.74) is 5.01. The average molecular weight is 270 g/mol. The molecule has 3 atom stereocenters. The third kappa shape index (κ3) is 7.30. The first-order valence-electron chi connectivity index (χ1n) is 6.99. The van der Waals surface area contributed by atoms with Crippen LogP contribution in [0.25, 0.3) is 0 Å². The van der Waals surface area contributed by atoms with E-state index in [9.17, 15) is 9.90 Å². The molecule has 0 aliphatic heterocycles. The minimum Gasteiger partial charge on any atom is -0.389 e. The predicted octanol–water partition coefficient (Wildman–Crippen LogP) is 0.431. The molecule has 5 heteroatoms. The Bertz CT molecular complexity index is 294. The van der Waals surface area contributed by atoms with Crippen molar-refractivity contribution >= 4 is 5.91 Å². The second-order valence-electron chi connectivity index (χ2n) is 5.29. The monoisotopic (exact) mass is 270 g/mol. The summed E-state index contributed by atoms with van der Waals surface area (Å²) in [5, 5.41) is 12.7. The fourth-order valence-corrected chi connectivity index (χ4v) is 2.13. The summed E-state index contributed by atoms with van der Waals surface area (Å²) in [6.07, 6.45) is 6.36. The van der Waals surface area contributed by atoms with Crippen molar-refractivity contribution in [3.05, 3.63) is 12.2 Å². The van der Waals surface area contributed by atoms with Crippen LogP contribution in [0.3, 0.4) is 0 Å². The highest BCUT2D eigenvalue weighted by molar-refractivity contribution is 5.73. The summed E-state index contributed by atoms with van der Waals surface area (Å²) in [7, 11) is 0. The lowest BCUT2D eigenvalue weighted by Gasteiger charge is -2.25. The molecule has 1 amide bonds. The number of rotatable bonds is 9. The summed E-state index contributed by atoms with van der Waals surface area (Å²) in [6, 6.07) is 0. The van der Waals surface area contributed by atoms with E-state index < -0.39 is 6.10 Å². The van der Waals surface area contributed by atoms with Crippen molar-refractivity contribution in [3.63, 3.8) is 0 Å². The van der Waals surface area contributed by atoms with Crippen molar-refractivity contribution in [1.29, 1.82) is 0 Å². The highest BCUT2D eigenvalue weighted by Crippen LogP contribution is 2.24. The lowest BCUT2D eigenvalue weighted by atomic mass is 9.85. The molecule has 0 aromatic rings. The van der Waals surface area contributed by atoms with Crippen molar-refractivity contribution < 1.29 is 14.6 Å². The SMILES string of the molecule is CC1CC=CCC1COCC(O)CNCCC(N)=O. The molecular weight excluding hydrogens is 244 g/mol. The van der Waals surface area contributed by atoms with Gasteiger partial charge in [-0.2, -0.15) is 0 Å². The molecule has 3 unspecified atom stereocenters. The van der Waals surface area contributed by atoms with E-state index in [0.717, 1.165) is 12.8 Å². The number of aliphatic hydroxyl groups excluding tert-OH is 1. The van der Waals surface area contributed by atoms with E-state index in [1.165, 1.54) is 0 Å². The molecular formula is C14H26N2O3. The molecule has 4 N–H and O–H groups in total. The zero-order chi connectivity index (χ0) is 14.1. The van der Waals surface area contributed by atoms with Gasteiger partial charge in [0.25, 0.3) is 0 Å². The van der Waals surface area contributed by atoms with E-state index in [2.05, 4.69) is 24.4 Å². The Morgan fingerprint density at radius 2 is 2.26 bits per heavy atom. The second kappa shape index (κ2) is 9.07. The van der Waals surface area contributed by atoms with Gasteiger partial charge in [0.05, 0.1) is 19.3 Å². The zero-order valence-electron chi connectivity index (χ0n) is 11.7. The molecule has 0 aromatic carbocycles. The quantitative estimate of drug-likeness (QED) is 0.419. The number of carbonyl (C=O) groups is 1. The minimum absolute atomic E-state index is 0.291. The van der Waals surface area contributed by atoms with Crippen molar-refractivity contribution in [3.8, 4) is 0 Å². The number of nitrogens with one attached hydrogen (secondary N) is 1. The largest absolute Gasteiger partial charge is 0.389 e. The van der Waals surface area contributed by atoms with Crippen LogP contribution >= 0.6 is 0 Å². The number of allylic oxidation sites excluding steroid dienone is 2. The first kappa shape index (κ1) is 16.1. The molecule has 5 nitrogen and oxygen atoms in total. The molecule has 0 heterocycles. The average Bonchev–Trinajstić information content (AvgIpc) is 2.37. The van der Waals surface area contributed by atoms with Crippen LogP contribution in [0.5, 0.6) is 0 Å². The van der Waals surface area contributed by atoms with Crippen LogP contribution in [0.15, 0.2) is 12.2 Å². The standard InChI is InChI=1S/C14H26N2O3/c1-11-4-2-3-5-12(11)9-19-10-13(17)8-16-7-6-14(15)18/h2-3,11-13,16-17H,4-10H2,1H3,(H2,15,18). The number of nitrogens with two attached hydrogens (primary N) is 1. The van der Waals surface area contributed by atoms with Crippen molar-refractivity contribution in [2.75, 3.05) is 26.3 Å². The van der Waals surface area contributed by atoms with Gasteiger partial charge in [0, 0.05) is 19.5 Å². The number of hydrogen-bond acceptors (Lipinski definition) is 4. The molecule has 1 aliphatic rings. The third-order valence-corrected chi connectivity index (χ3v) is 3.49. The highest BCUT2D eigenvalue weighted by atomic mass is 16.5. The second-order valence-corrected chi connectivity index (χ2v) is 5.29. The topological polar surface area (TPSA) is 84.6 Å². The van der Waals surface area contributed by atoms with Crippen LogP contribution in [0.2, 0.25) is 0 Å². The first-order valence-corrected chi connectivity index (χ1v) is 6.99. The lowest BCUT2D eigenvalue weighted by Crippen LogP contribution is -2.33. The fourth-order valence-electron chi connectivity index (χ4n) is 2.13. The van der Waals surface area contributed by atoms with E-state index in [-0.39, 0.29) is 5.91 Å². The Labute approximate surface area is 115 Å². The molecule has 1 aliphatic carbocycles. The van der Waals surface area contributed by atoms with E-state index >= 15 is 0 Å². The van der Waals surface area contributed by atoms with Gasteiger partial charge in [-0.1, -0.05) is 19.1 Å². The van der Waals surface area contributed by atoms with E-state index in [1.54, 1.807) is 0 Å². The smallest absolute Gasteiger partial charge is 0.218 e. The van der Waals surface area contributed by atoms with Crippen LogP contribution in [-0.2, 0) is 9.53 Å². The number of ether oxygens (including phenoxy) is 1. The van der Waals surface area contributed by atoms with Gasteiger partial charge in [-0.05, 0) is 24.7 Å². The maximum absolute atomic E-state index is 10.5. The van der Waals surface area contributed by atoms with Crippen molar-refractivity contribution in [2.24, 2.45) is 17.6 Å². The maximum Gasteiger partial charge on any atom is 0.218 e. The molecule has 0 saturated heterocycles. The number of aliphatic hydroxyl groups is 1. The van der Waals surface area contributed by atoms with Gasteiger partial charge in [0.1, 0.15) is 0 Å². The Morgan fingerprint density at radius 1 is 1.53 bits per heavy atom. The molecule has 0 bridgehead atoms. The van der Waals surface area contributed by atoms with Gasteiger partial charge in [0.15, 0.2) is 0 Å². The summed E-state index contributed by atoms with van der Waals surface area (Å²) in [5.74, 6) is 0.869. The summed E-state index contributed by atoms with van der Waals surface area (Å²) in [6.45, 7) is 4.18. The van der Waals surface area contributed by atoms with Gasteiger partial charge >= 0.3 is 0 Å². The molecule has 0 spiro atoms. The first-order chi connectivity index (χ1) is 9.09. The zero-order valence-corrected chi connectivity index (χ0v) is 11.7. The minimum atomic E-state index is -0.540. The Morgan fingerprint density at radius 3 is 2.95 bits per heavy atom. The van der Waals surface area contributed by atoms with Gasteiger partial charge in [-0.15, -0.1) is 0 Å². The third-order valence-electron chi connectivity index (χ3n) is 3.49. The summed E-state index contributed by atoms with van der Waals surface area (Å²) < 4.78 is 5.57.